The van der Waals surface area contributed by atoms with Crippen molar-refractivity contribution >= 4 is 11.9 Å². The van der Waals surface area contributed by atoms with E-state index in [2.05, 4.69) is 29.4 Å². The van der Waals surface area contributed by atoms with Gasteiger partial charge in [-0.1, -0.05) is 29.8 Å². The van der Waals surface area contributed by atoms with Crippen LogP contribution in [0.5, 0.6) is 0 Å². The number of likely N-dealkylation sites (tertiary alicyclic amines) is 1. The lowest BCUT2D eigenvalue weighted by Crippen LogP contribution is -2.43. The van der Waals surface area contributed by atoms with Crippen molar-refractivity contribution in [1.29, 1.82) is 0 Å². The Balaban J connectivity index is 0.000000360. The fraction of sp³-hybridized carbons (Fsp3) is 0.500. The molecule has 2 N–H and O–H groups in total. The maximum atomic E-state index is 12.5. The Morgan fingerprint density at radius 2 is 1.88 bits per heavy atom. The normalized spacial score (nSPS) is 20.3. The Kier molecular flexibility index (Phi) is 7.55. The minimum atomic E-state index is -5.08. The number of hydrogen-bond donors (Lipinski definition) is 2. The van der Waals surface area contributed by atoms with Crippen LogP contribution in [0.3, 0.4) is 0 Å². The van der Waals surface area contributed by atoms with Gasteiger partial charge in [0, 0.05) is 31.5 Å². The molecular weight excluding hydrogens is 427 g/mol. The molecule has 2 atom stereocenters. The number of fused-ring (bicyclic) bond motifs is 1. The number of carboxylic acid groups (broad SMARTS) is 1. The van der Waals surface area contributed by atoms with Crippen molar-refractivity contribution < 1.29 is 32.3 Å². The average Bonchev–Trinajstić information content (AvgIpc) is 3.41. The maximum absolute atomic E-state index is 12.5. The highest BCUT2D eigenvalue weighted by Crippen LogP contribution is 2.27. The lowest BCUT2D eigenvalue weighted by molar-refractivity contribution is -0.192. The summed E-state index contributed by atoms with van der Waals surface area (Å²) in [6.07, 6.45) is -1.17. The number of carbonyl (C=O) groups is 2. The van der Waals surface area contributed by atoms with Crippen LogP contribution in [0.25, 0.3) is 11.3 Å². The van der Waals surface area contributed by atoms with E-state index in [1.165, 1.54) is 5.56 Å². The Labute approximate surface area is 183 Å². The number of carboxylic acids is 1. The van der Waals surface area contributed by atoms with Crippen molar-refractivity contribution in [3.05, 3.63) is 41.9 Å². The molecule has 0 spiro atoms. The monoisotopic (exact) mass is 453 g/mol. The second-order valence-corrected chi connectivity index (χ2v) is 8.09. The van der Waals surface area contributed by atoms with E-state index in [1.54, 1.807) is 6.20 Å². The number of aromatic nitrogens is 1. The van der Waals surface area contributed by atoms with E-state index in [0.29, 0.717) is 24.7 Å². The number of hydrogen-bond acceptors (Lipinski definition) is 5. The molecule has 2 aromatic rings. The van der Waals surface area contributed by atoms with Crippen LogP contribution in [-0.4, -0.2) is 59.2 Å². The molecule has 0 aliphatic carbocycles. The molecule has 7 nitrogen and oxygen atoms in total. The fourth-order valence-corrected chi connectivity index (χ4v) is 3.91. The quantitative estimate of drug-likeness (QED) is 0.738. The highest BCUT2D eigenvalue weighted by atomic mass is 19.4. The molecule has 0 radical (unpaired) electrons. The average molecular weight is 453 g/mol. The lowest BCUT2D eigenvalue weighted by atomic mass is 9.88. The van der Waals surface area contributed by atoms with E-state index < -0.39 is 12.1 Å². The number of alkyl halides is 3. The molecule has 4 rings (SSSR count). The van der Waals surface area contributed by atoms with Gasteiger partial charge in [0.05, 0.1) is 6.20 Å². The summed E-state index contributed by atoms with van der Waals surface area (Å²) in [4.78, 5) is 27.8. The number of rotatable bonds is 4. The molecule has 1 amide bonds. The van der Waals surface area contributed by atoms with Gasteiger partial charge in [-0.05, 0) is 38.3 Å². The molecule has 10 heteroatoms. The molecule has 0 saturated carbocycles. The number of benzene rings is 1. The third-order valence-corrected chi connectivity index (χ3v) is 5.74. The van der Waals surface area contributed by atoms with E-state index in [9.17, 15) is 18.0 Å². The van der Waals surface area contributed by atoms with E-state index >= 15 is 0 Å². The van der Waals surface area contributed by atoms with Crippen molar-refractivity contribution in [2.75, 3.05) is 26.2 Å². The van der Waals surface area contributed by atoms with Crippen LogP contribution in [0.4, 0.5) is 13.2 Å². The van der Waals surface area contributed by atoms with Gasteiger partial charge in [0.2, 0.25) is 5.91 Å². The van der Waals surface area contributed by atoms with Crippen LogP contribution in [0.15, 0.2) is 34.9 Å². The molecule has 2 saturated heterocycles. The summed E-state index contributed by atoms with van der Waals surface area (Å²) in [6.45, 7) is 6.02. The molecule has 1 aromatic carbocycles. The van der Waals surface area contributed by atoms with Gasteiger partial charge in [-0.3, -0.25) is 4.79 Å². The summed E-state index contributed by atoms with van der Waals surface area (Å²) in [5, 5.41) is 10.6. The van der Waals surface area contributed by atoms with Gasteiger partial charge in [0.1, 0.15) is 0 Å². The molecule has 2 aliphatic heterocycles. The predicted octanol–water partition coefficient (Wildman–Crippen LogP) is 3.28. The van der Waals surface area contributed by atoms with Gasteiger partial charge < -0.3 is 19.7 Å². The predicted molar refractivity (Wildman–Crippen MR) is 110 cm³/mol. The first-order valence-corrected chi connectivity index (χ1v) is 10.4. The minimum Gasteiger partial charge on any atom is -0.475 e. The van der Waals surface area contributed by atoms with Crippen molar-refractivity contribution in [2.24, 2.45) is 11.8 Å². The van der Waals surface area contributed by atoms with Gasteiger partial charge in [0.15, 0.2) is 11.7 Å². The van der Waals surface area contributed by atoms with Gasteiger partial charge in [-0.15, -0.1) is 0 Å². The summed E-state index contributed by atoms with van der Waals surface area (Å²) in [5.41, 5.74) is 2.24. The lowest BCUT2D eigenvalue weighted by Gasteiger charge is -2.34. The highest BCUT2D eigenvalue weighted by Gasteiger charge is 2.38. The molecule has 2 fully saturated rings. The molecule has 174 valence electrons. The summed E-state index contributed by atoms with van der Waals surface area (Å²) in [5.74, 6) is 0.259. The first kappa shape index (κ1) is 23.8. The zero-order chi connectivity index (χ0) is 23.3. The second kappa shape index (κ2) is 10.2. The van der Waals surface area contributed by atoms with Crippen molar-refractivity contribution in [1.82, 2.24) is 15.2 Å². The van der Waals surface area contributed by atoms with Crippen molar-refractivity contribution in [3.8, 4) is 11.3 Å². The number of aryl methyl sites for hydroxylation is 2. The summed E-state index contributed by atoms with van der Waals surface area (Å²) in [7, 11) is 0. The van der Waals surface area contributed by atoms with Crippen LogP contribution in [0, 0.1) is 18.8 Å². The molecule has 3 heterocycles. The fourth-order valence-electron chi connectivity index (χ4n) is 3.91. The maximum Gasteiger partial charge on any atom is 0.490 e. The third-order valence-electron chi connectivity index (χ3n) is 5.74. The smallest absolute Gasteiger partial charge is 0.475 e. The van der Waals surface area contributed by atoms with Gasteiger partial charge >= 0.3 is 12.1 Å². The van der Waals surface area contributed by atoms with Crippen LogP contribution in [0.1, 0.15) is 24.3 Å². The molecule has 32 heavy (non-hydrogen) atoms. The Morgan fingerprint density at radius 3 is 2.53 bits per heavy atom. The molecule has 0 bridgehead atoms. The number of oxazole rings is 1. The standard InChI is InChI=1S/C20H25N3O2.C2HF3O2/c1-14-2-4-15(5-3-14)18-12-22-19(25-18)6-7-20(24)23-9-8-16-10-21-11-17(16)13-23;3-2(4,5)1(6)7/h2-5,12,16-17,21H,6-11,13H2,1H3;(H,6,7). The molecular formula is C22H26F3N3O4. The molecule has 1 aromatic heterocycles. The number of nitrogens with one attached hydrogen (secondary N) is 1. The number of piperidine rings is 1. The van der Waals surface area contributed by atoms with Gasteiger partial charge in [0.25, 0.3) is 0 Å². The number of amides is 1. The van der Waals surface area contributed by atoms with Crippen LogP contribution in [0.2, 0.25) is 0 Å². The number of carbonyl (C=O) groups excluding carboxylic acids is 1. The molecule has 2 unspecified atom stereocenters. The third kappa shape index (κ3) is 6.32. The Hall–Kier alpha value is -2.88. The zero-order valence-electron chi connectivity index (χ0n) is 17.7. The Bertz CT molecular complexity index is 927. The van der Waals surface area contributed by atoms with Gasteiger partial charge in [-0.2, -0.15) is 13.2 Å². The van der Waals surface area contributed by atoms with Crippen LogP contribution < -0.4 is 5.32 Å². The minimum absolute atomic E-state index is 0.223. The first-order valence-electron chi connectivity index (χ1n) is 10.4. The van der Waals surface area contributed by atoms with Crippen molar-refractivity contribution in [3.63, 3.8) is 0 Å². The number of halogens is 3. The van der Waals surface area contributed by atoms with E-state index in [0.717, 1.165) is 49.8 Å². The largest absolute Gasteiger partial charge is 0.490 e. The SMILES string of the molecule is Cc1ccc(-c2cnc(CCC(=O)N3CCC4CNCC4C3)o2)cc1.O=C(O)C(F)(F)F. The molecule has 2 aliphatic rings. The van der Waals surface area contributed by atoms with E-state index in [1.807, 2.05) is 17.0 Å². The second-order valence-electron chi connectivity index (χ2n) is 8.09. The van der Waals surface area contributed by atoms with Crippen LogP contribution in [-0.2, 0) is 16.0 Å². The van der Waals surface area contributed by atoms with E-state index in [-0.39, 0.29) is 5.91 Å². The topological polar surface area (TPSA) is 95.7 Å². The first-order chi connectivity index (χ1) is 15.1. The summed E-state index contributed by atoms with van der Waals surface area (Å²) in [6, 6.07) is 8.18. The van der Waals surface area contributed by atoms with Crippen molar-refractivity contribution in [2.45, 2.75) is 32.4 Å². The highest BCUT2D eigenvalue weighted by molar-refractivity contribution is 5.76. The summed E-state index contributed by atoms with van der Waals surface area (Å²) >= 11 is 0. The van der Waals surface area contributed by atoms with Crippen LogP contribution >= 0.6 is 0 Å². The van der Waals surface area contributed by atoms with Gasteiger partial charge in [-0.25, -0.2) is 9.78 Å². The zero-order valence-corrected chi connectivity index (χ0v) is 17.7. The Morgan fingerprint density at radius 1 is 1.22 bits per heavy atom. The number of aliphatic carboxylic acids is 1. The summed E-state index contributed by atoms with van der Waals surface area (Å²) < 4.78 is 37.6. The number of nitrogens with zero attached hydrogens (tertiary/aromatic N) is 2. The van der Waals surface area contributed by atoms with E-state index in [4.69, 9.17) is 14.3 Å².